The molecule has 1 aliphatic heterocycles. The lowest BCUT2D eigenvalue weighted by Gasteiger charge is -2.29. The lowest BCUT2D eigenvalue weighted by atomic mass is 10.0. The van der Waals surface area contributed by atoms with Crippen LogP contribution in [0.5, 0.6) is 0 Å². The highest BCUT2D eigenvalue weighted by Gasteiger charge is 2.42. The first-order valence-corrected chi connectivity index (χ1v) is 11.5. The van der Waals surface area contributed by atoms with Crippen LogP contribution in [0, 0.1) is 0 Å². The molecule has 3 heterocycles. The Morgan fingerprint density at radius 2 is 1.74 bits per heavy atom. The Labute approximate surface area is 207 Å². The van der Waals surface area contributed by atoms with Crippen molar-refractivity contribution in [3.8, 4) is 5.69 Å². The molecule has 5 rings (SSSR count). The van der Waals surface area contributed by atoms with Crippen LogP contribution < -0.4 is 10.2 Å². The largest absolute Gasteiger partial charge is 0.465 e. The van der Waals surface area contributed by atoms with E-state index in [1.54, 1.807) is 18.3 Å². The van der Waals surface area contributed by atoms with Gasteiger partial charge in [0.15, 0.2) is 5.11 Å². The summed E-state index contributed by atoms with van der Waals surface area (Å²) in [6, 6.07) is 24.5. The zero-order valence-corrected chi connectivity index (χ0v) is 19.8. The molecule has 170 valence electrons. The van der Waals surface area contributed by atoms with E-state index in [1.807, 2.05) is 66.9 Å². The molecule has 1 fully saturated rings. The predicted molar refractivity (Wildman–Crippen MR) is 136 cm³/mol. The molecule has 8 heteroatoms. The molecule has 0 spiro atoms. The maximum Gasteiger partial charge on any atom is 0.337 e. The number of pyridine rings is 1. The maximum absolute atomic E-state index is 11.9. The Hall–Kier alpha value is -3.68. The summed E-state index contributed by atoms with van der Waals surface area (Å²) in [6.45, 7) is 0. The van der Waals surface area contributed by atoms with Gasteiger partial charge in [0.2, 0.25) is 0 Å². The minimum Gasteiger partial charge on any atom is -0.465 e. The summed E-state index contributed by atoms with van der Waals surface area (Å²) >= 11 is 11.9. The van der Waals surface area contributed by atoms with Gasteiger partial charge in [-0.25, -0.2) is 4.79 Å². The number of methoxy groups -OCH3 is 1. The minimum atomic E-state index is -0.367. The number of hydrogen-bond acceptors (Lipinski definition) is 4. The van der Waals surface area contributed by atoms with Crippen LogP contribution in [-0.2, 0) is 4.74 Å². The molecule has 6 nitrogen and oxygen atoms in total. The van der Waals surface area contributed by atoms with Crippen molar-refractivity contribution in [3.63, 3.8) is 0 Å². The smallest absolute Gasteiger partial charge is 0.337 e. The van der Waals surface area contributed by atoms with E-state index >= 15 is 0 Å². The first kappa shape index (κ1) is 22.1. The quantitative estimate of drug-likeness (QED) is 0.296. The van der Waals surface area contributed by atoms with Gasteiger partial charge in [0.05, 0.1) is 24.4 Å². The molecule has 0 amide bonds. The highest BCUT2D eigenvalue weighted by atomic mass is 35.5. The van der Waals surface area contributed by atoms with Gasteiger partial charge in [-0.1, -0.05) is 17.7 Å². The molecule has 34 heavy (non-hydrogen) atoms. The second kappa shape index (κ2) is 9.29. The third-order valence-electron chi connectivity index (χ3n) is 5.85. The number of aromatic nitrogens is 2. The van der Waals surface area contributed by atoms with Gasteiger partial charge >= 0.3 is 5.97 Å². The minimum absolute atomic E-state index is 0.174. The Balaban J connectivity index is 1.61. The van der Waals surface area contributed by atoms with E-state index in [2.05, 4.69) is 25.8 Å². The molecule has 1 N–H and O–H groups in total. The molecule has 2 aromatic heterocycles. The van der Waals surface area contributed by atoms with Crippen molar-refractivity contribution in [2.75, 3.05) is 12.0 Å². The molecule has 2 aromatic carbocycles. The standard InChI is InChI=1S/C26H21ClN4O2S/c1-33-25(32)17-7-11-19(12-8-17)30-16-4-6-22(30)24-23(21-5-2-3-15-28-21)29-26(34)31(24)20-13-9-18(27)10-14-20/h2-16,23-24H,1H3,(H,29,34)/t23-,24-/m0/s1. The van der Waals surface area contributed by atoms with E-state index in [9.17, 15) is 4.79 Å². The molecule has 0 unspecified atom stereocenters. The number of benzene rings is 2. The van der Waals surface area contributed by atoms with Gasteiger partial charge in [0, 0.05) is 34.5 Å². The zero-order chi connectivity index (χ0) is 23.7. The summed E-state index contributed by atoms with van der Waals surface area (Å²) in [7, 11) is 1.37. The lowest BCUT2D eigenvalue weighted by Crippen LogP contribution is -2.30. The predicted octanol–water partition coefficient (Wildman–Crippen LogP) is 5.49. The molecule has 4 aromatic rings. The number of thiocarbonyl (C=S) groups is 1. The summed E-state index contributed by atoms with van der Waals surface area (Å²) in [5.41, 5.74) is 4.25. The highest BCUT2D eigenvalue weighted by molar-refractivity contribution is 7.80. The van der Waals surface area contributed by atoms with Crippen LogP contribution >= 0.6 is 23.8 Å². The van der Waals surface area contributed by atoms with Crippen LogP contribution in [0.15, 0.2) is 91.3 Å². The van der Waals surface area contributed by atoms with Crippen LogP contribution in [0.3, 0.4) is 0 Å². The van der Waals surface area contributed by atoms with Gasteiger partial charge in [-0.05, 0) is 85.0 Å². The third-order valence-corrected chi connectivity index (χ3v) is 6.42. The topological polar surface area (TPSA) is 59.4 Å². The van der Waals surface area contributed by atoms with Crippen molar-refractivity contribution < 1.29 is 9.53 Å². The van der Waals surface area contributed by atoms with Gasteiger partial charge in [-0.3, -0.25) is 4.98 Å². The fourth-order valence-corrected chi connectivity index (χ4v) is 4.75. The van der Waals surface area contributed by atoms with E-state index in [0.717, 1.165) is 22.8 Å². The van der Waals surface area contributed by atoms with Crippen LogP contribution in [0.4, 0.5) is 5.69 Å². The van der Waals surface area contributed by atoms with Crippen molar-refractivity contribution in [2.24, 2.45) is 0 Å². The summed E-state index contributed by atoms with van der Waals surface area (Å²) in [4.78, 5) is 18.6. The highest BCUT2D eigenvalue weighted by Crippen LogP contribution is 2.42. The molecule has 1 aliphatic rings. The van der Waals surface area contributed by atoms with Crippen LogP contribution in [0.25, 0.3) is 5.69 Å². The normalized spacial score (nSPS) is 17.5. The number of nitrogens with one attached hydrogen (secondary N) is 1. The van der Waals surface area contributed by atoms with Crippen molar-refractivity contribution in [1.29, 1.82) is 0 Å². The lowest BCUT2D eigenvalue weighted by molar-refractivity contribution is 0.0600. The third kappa shape index (κ3) is 4.04. The van der Waals surface area contributed by atoms with Gasteiger partial charge < -0.3 is 19.5 Å². The number of ether oxygens (including phenoxy) is 1. The van der Waals surface area contributed by atoms with Crippen molar-refractivity contribution in [1.82, 2.24) is 14.9 Å². The van der Waals surface area contributed by atoms with Gasteiger partial charge in [0.25, 0.3) is 0 Å². The average molecular weight is 489 g/mol. The molecule has 0 aliphatic carbocycles. The van der Waals surface area contributed by atoms with Crippen molar-refractivity contribution in [3.05, 3.63) is 113 Å². The summed E-state index contributed by atoms with van der Waals surface area (Å²) < 4.78 is 6.92. The fraction of sp³-hybridized carbons (Fsp3) is 0.115. The van der Waals surface area contributed by atoms with Crippen molar-refractivity contribution in [2.45, 2.75) is 12.1 Å². The zero-order valence-electron chi connectivity index (χ0n) is 18.3. The number of esters is 1. The number of carbonyl (C=O) groups is 1. The monoisotopic (exact) mass is 488 g/mol. The Bertz CT molecular complexity index is 1320. The molecule has 0 bridgehead atoms. The van der Waals surface area contributed by atoms with Crippen LogP contribution in [0.2, 0.25) is 5.02 Å². The second-order valence-corrected chi connectivity index (χ2v) is 8.64. The average Bonchev–Trinajstić information content (AvgIpc) is 3.49. The molecular formula is C26H21ClN4O2S. The number of nitrogens with zero attached hydrogens (tertiary/aromatic N) is 3. The molecule has 0 radical (unpaired) electrons. The summed E-state index contributed by atoms with van der Waals surface area (Å²) in [5, 5.41) is 4.74. The fourth-order valence-electron chi connectivity index (χ4n) is 4.28. The number of halogens is 1. The summed E-state index contributed by atoms with van der Waals surface area (Å²) in [5.74, 6) is -0.367. The van der Waals surface area contributed by atoms with E-state index < -0.39 is 0 Å². The molecule has 0 saturated carbocycles. The maximum atomic E-state index is 11.9. The van der Waals surface area contributed by atoms with E-state index in [4.69, 9.17) is 28.6 Å². The number of rotatable bonds is 5. The Morgan fingerprint density at radius 1 is 1.00 bits per heavy atom. The van der Waals surface area contributed by atoms with Crippen molar-refractivity contribution >= 4 is 40.6 Å². The van der Waals surface area contributed by atoms with Crippen LogP contribution in [-0.4, -0.2) is 27.7 Å². The van der Waals surface area contributed by atoms with Crippen LogP contribution in [0.1, 0.15) is 33.8 Å². The first-order chi connectivity index (χ1) is 16.6. The Morgan fingerprint density at radius 3 is 2.41 bits per heavy atom. The second-order valence-electron chi connectivity index (χ2n) is 7.81. The van der Waals surface area contributed by atoms with Gasteiger partial charge in [-0.15, -0.1) is 0 Å². The van der Waals surface area contributed by atoms with Gasteiger partial charge in [0.1, 0.15) is 6.04 Å². The van der Waals surface area contributed by atoms with E-state index in [0.29, 0.717) is 15.7 Å². The number of anilines is 1. The van der Waals surface area contributed by atoms with E-state index in [1.165, 1.54) is 7.11 Å². The number of hydrogen-bond donors (Lipinski definition) is 1. The van der Waals surface area contributed by atoms with E-state index in [-0.39, 0.29) is 18.1 Å². The molecule has 2 atom stereocenters. The molecule has 1 saturated heterocycles. The Kier molecular flexibility index (Phi) is 6.04. The number of carbonyl (C=O) groups excluding carboxylic acids is 1. The molecular weight excluding hydrogens is 468 g/mol. The first-order valence-electron chi connectivity index (χ1n) is 10.7. The summed E-state index contributed by atoms with van der Waals surface area (Å²) in [6.07, 6.45) is 3.78. The van der Waals surface area contributed by atoms with Gasteiger partial charge in [-0.2, -0.15) is 0 Å². The SMILES string of the molecule is COC(=O)c1ccc(-n2cccc2[C@H]2[C@H](c3ccccn3)NC(=S)N2c2ccc(Cl)cc2)cc1.